The highest BCUT2D eigenvalue weighted by molar-refractivity contribution is 8.00. The van der Waals surface area contributed by atoms with Crippen LogP contribution in [0.2, 0.25) is 5.02 Å². The Morgan fingerprint density at radius 3 is 2.24 bits per heavy atom. The maximum atomic E-state index is 13.2. The minimum absolute atomic E-state index is 0.00972. The lowest BCUT2D eigenvalue weighted by molar-refractivity contribution is -0.152. The highest BCUT2D eigenvalue weighted by Crippen LogP contribution is 2.19. The number of carbonyl (C=O) groups is 4. The number of rotatable bonds is 15. The summed E-state index contributed by atoms with van der Waals surface area (Å²) in [6, 6.07) is 14.9. The fourth-order valence-corrected chi connectivity index (χ4v) is 5.30. The van der Waals surface area contributed by atoms with E-state index >= 15 is 0 Å². The summed E-state index contributed by atoms with van der Waals surface area (Å²) in [6.07, 6.45) is 0.945. The number of hydrogen-bond acceptors (Lipinski definition) is 8. The number of ketones is 1. The van der Waals surface area contributed by atoms with E-state index in [9.17, 15) is 19.2 Å². The Morgan fingerprint density at radius 2 is 1.62 bits per heavy atom. The van der Waals surface area contributed by atoms with Gasteiger partial charge in [-0.2, -0.15) is 0 Å². The van der Waals surface area contributed by atoms with Crippen LogP contribution < -0.4 is 4.90 Å². The largest absolute Gasteiger partial charge is 0.460 e. The summed E-state index contributed by atoms with van der Waals surface area (Å²) in [6.45, 7) is 10.1. The minimum Gasteiger partial charge on any atom is -0.460 e. The number of amides is 2. The van der Waals surface area contributed by atoms with Gasteiger partial charge in [-0.15, -0.1) is 11.8 Å². The lowest BCUT2D eigenvalue weighted by atomic mass is 10.1. The van der Waals surface area contributed by atoms with Crippen molar-refractivity contribution >= 4 is 52.6 Å². The third-order valence-corrected chi connectivity index (χ3v) is 7.91. The fourth-order valence-electron chi connectivity index (χ4n) is 4.44. The predicted octanol–water partition coefficient (Wildman–Crippen LogP) is 3.96. The van der Waals surface area contributed by atoms with Gasteiger partial charge in [0, 0.05) is 55.5 Å². The number of thioether (sulfide) groups is 1. The second-order valence-electron chi connectivity index (χ2n) is 10.2. The molecule has 0 bridgehead atoms. The van der Waals surface area contributed by atoms with Crippen LogP contribution in [0.5, 0.6) is 0 Å². The van der Waals surface area contributed by atoms with E-state index < -0.39 is 11.8 Å². The van der Waals surface area contributed by atoms with Crippen molar-refractivity contribution in [1.82, 2.24) is 9.80 Å². The van der Waals surface area contributed by atoms with Crippen molar-refractivity contribution in [3.8, 4) is 0 Å². The van der Waals surface area contributed by atoms with Gasteiger partial charge in [0.2, 0.25) is 11.7 Å². The van der Waals surface area contributed by atoms with Crippen LogP contribution in [-0.4, -0.2) is 103 Å². The summed E-state index contributed by atoms with van der Waals surface area (Å²) in [5, 5.41) is 0.734. The molecule has 228 valence electrons. The summed E-state index contributed by atoms with van der Waals surface area (Å²) in [5.41, 5.74) is 2.44. The van der Waals surface area contributed by atoms with Crippen LogP contribution in [0.25, 0.3) is 0 Å². The molecule has 2 amide bonds. The van der Waals surface area contributed by atoms with Gasteiger partial charge in [0.05, 0.1) is 30.8 Å². The summed E-state index contributed by atoms with van der Waals surface area (Å²) < 4.78 is 10.4. The van der Waals surface area contributed by atoms with Crippen LogP contribution >= 0.6 is 23.4 Å². The Kier molecular flexibility index (Phi) is 13.8. The van der Waals surface area contributed by atoms with Crippen LogP contribution in [0.1, 0.15) is 36.7 Å². The smallest absolute Gasteiger partial charge is 0.375 e. The molecule has 0 aromatic heterocycles. The standard InChI is InChI=1S/C31H40ClN3O6S/c1-4-40-31(39)28(36)21-42-22-29(37)35(19-20-41-23(2)3)27-11-7-25(8-12-27)30(38)34-17-15-33(16-18-34)14-13-24-5-9-26(32)10-6-24/h5-12,23H,4,13-22H2,1-3H3. The van der Waals surface area contributed by atoms with Gasteiger partial charge < -0.3 is 19.3 Å². The fraction of sp³-hybridized carbons (Fsp3) is 0.484. The van der Waals surface area contributed by atoms with E-state index in [4.69, 9.17) is 21.1 Å². The number of benzene rings is 2. The van der Waals surface area contributed by atoms with E-state index in [2.05, 4.69) is 4.90 Å². The van der Waals surface area contributed by atoms with Gasteiger partial charge in [-0.05, 0) is 69.2 Å². The summed E-state index contributed by atoms with van der Waals surface area (Å²) in [4.78, 5) is 55.5. The van der Waals surface area contributed by atoms with E-state index in [-0.39, 0.29) is 36.0 Å². The van der Waals surface area contributed by atoms with Crippen molar-refractivity contribution in [2.45, 2.75) is 33.3 Å². The summed E-state index contributed by atoms with van der Waals surface area (Å²) in [7, 11) is 0. The molecule has 3 rings (SSSR count). The Labute approximate surface area is 257 Å². The average Bonchev–Trinajstić information content (AvgIpc) is 2.99. The predicted molar refractivity (Wildman–Crippen MR) is 166 cm³/mol. The molecule has 0 unspecified atom stereocenters. The second kappa shape index (κ2) is 17.3. The molecular formula is C31H40ClN3O6S. The molecule has 9 nitrogen and oxygen atoms in total. The Hall–Kier alpha value is -2.92. The zero-order valence-corrected chi connectivity index (χ0v) is 26.1. The van der Waals surface area contributed by atoms with Crippen molar-refractivity contribution in [3.63, 3.8) is 0 Å². The Balaban J connectivity index is 1.54. The van der Waals surface area contributed by atoms with Gasteiger partial charge in [-0.3, -0.25) is 19.3 Å². The first-order valence-corrected chi connectivity index (χ1v) is 15.8. The Bertz CT molecular complexity index is 1180. The van der Waals surface area contributed by atoms with E-state index in [0.29, 0.717) is 37.5 Å². The van der Waals surface area contributed by atoms with Crippen LogP contribution in [0.3, 0.4) is 0 Å². The molecule has 11 heteroatoms. The highest BCUT2D eigenvalue weighted by atomic mass is 35.5. The molecule has 2 aromatic rings. The number of piperazine rings is 1. The van der Waals surface area contributed by atoms with Gasteiger partial charge in [-0.1, -0.05) is 23.7 Å². The molecule has 0 saturated carbocycles. The zero-order valence-electron chi connectivity index (χ0n) is 24.6. The van der Waals surface area contributed by atoms with E-state index in [1.807, 2.05) is 43.0 Å². The Morgan fingerprint density at radius 1 is 0.952 bits per heavy atom. The molecule has 1 fully saturated rings. The molecule has 0 aliphatic carbocycles. The lowest BCUT2D eigenvalue weighted by Gasteiger charge is -2.35. The first-order valence-electron chi connectivity index (χ1n) is 14.2. The third-order valence-electron chi connectivity index (χ3n) is 6.74. The lowest BCUT2D eigenvalue weighted by Crippen LogP contribution is -2.49. The SMILES string of the molecule is CCOC(=O)C(=O)CSCC(=O)N(CCOC(C)C)c1ccc(C(=O)N2CCN(CCc3ccc(Cl)cc3)CC2)cc1. The van der Waals surface area contributed by atoms with Crippen LogP contribution in [0, 0.1) is 0 Å². The zero-order chi connectivity index (χ0) is 30.5. The molecule has 0 atom stereocenters. The maximum absolute atomic E-state index is 13.2. The third kappa shape index (κ3) is 10.7. The first-order chi connectivity index (χ1) is 20.2. The van der Waals surface area contributed by atoms with Crippen molar-refractivity contribution in [1.29, 1.82) is 0 Å². The summed E-state index contributed by atoms with van der Waals surface area (Å²) >= 11 is 7.04. The van der Waals surface area contributed by atoms with Gasteiger partial charge >= 0.3 is 5.97 Å². The van der Waals surface area contributed by atoms with E-state index in [1.165, 1.54) is 5.56 Å². The van der Waals surface area contributed by atoms with Gasteiger partial charge in [0.25, 0.3) is 5.91 Å². The molecular weight excluding hydrogens is 578 g/mol. The molecule has 1 aliphatic heterocycles. The molecule has 1 heterocycles. The molecule has 1 saturated heterocycles. The number of halogens is 1. The van der Waals surface area contributed by atoms with Crippen molar-refractivity contribution < 1.29 is 28.7 Å². The number of Topliss-reactive ketones (excluding diaryl/α,β-unsaturated/α-hetero) is 1. The van der Waals surface area contributed by atoms with Crippen LogP contribution in [0.4, 0.5) is 5.69 Å². The molecule has 1 aliphatic rings. The van der Waals surface area contributed by atoms with Crippen LogP contribution in [-0.2, 0) is 30.3 Å². The number of anilines is 1. The van der Waals surface area contributed by atoms with E-state index in [1.54, 1.807) is 36.1 Å². The highest BCUT2D eigenvalue weighted by Gasteiger charge is 2.23. The number of esters is 1. The maximum Gasteiger partial charge on any atom is 0.375 e. The number of carbonyl (C=O) groups excluding carboxylic acids is 4. The quantitative estimate of drug-likeness (QED) is 0.219. The normalized spacial score (nSPS) is 13.7. The molecule has 42 heavy (non-hydrogen) atoms. The molecule has 2 aromatic carbocycles. The number of ether oxygens (including phenoxy) is 2. The van der Waals surface area contributed by atoms with E-state index in [0.717, 1.165) is 42.8 Å². The van der Waals surface area contributed by atoms with Gasteiger partial charge in [0.1, 0.15) is 0 Å². The van der Waals surface area contributed by atoms with Gasteiger partial charge in [-0.25, -0.2) is 4.79 Å². The molecule has 0 spiro atoms. The topological polar surface area (TPSA) is 96.5 Å². The number of nitrogens with zero attached hydrogens (tertiary/aromatic N) is 3. The molecule has 0 radical (unpaired) electrons. The first kappa shape index (κ1) is 33.6. The average molecular weight is 618 g/mol. The van der Waals surface area contributed by atoms with Gasteiger partial charge in [0.15, 0.2) is 0 Å². The van der Waals surface area contributed by atoms with Crippen molar-refractivity contribution in [2.75, 3.05) is 68.9 Å². The molecule has 0 N–H and O–H groups in total. The monoisotopic (exact) mass is 617 g/mol. The summed E-state index contributed by atoms with van der Waals surface area (Å²) in [5.74, 6) is -1.95. The second-order valence-corrected chi connectivity index (χ2v) is 11.6. The van der Waals surface area contributed by atoms with Crippen molar-refractivity contribution in [2.24, 2.45) is 0 Å². The van der Waals surface area contributed by atoms with Crippen molar-refractivity contribution in [3.05, 3.63) is 64.7 Å². The number of hydrogen-bond donors (Lipinski definition) is 0. The minimum atomic E-state index is -0.890. The van der Waals surface area contributed by atoms with Crippen LogP contribution in [0.15, 0.2) is 48.5 Å².